The maximum Gasteiger partial charge on any atom is 0.207 e. The van der Waals surface area contributed by atoms with E-state index in [0.717, 1.165) is 11.0 Å². The van der Waals surface area contributed by atoms with E-state index < -0.39 is 0 Å². The van der Waals surface area contributed by atoms with E-state index in [1.165, 1.54) is 5.56 Å². The molecule has 0 saturated carbocycles. The fourth-order valence-electron chi connectivity index (χ4n) is 2.37. The first-order valence-corrected chi connectivity index (χ1v) is 6.22. The van der Waals surface area contributed by atoms with Crippen LogP contribution < -0.4 is 5.62 Å². The number of benzene rings is 2. The van der Waals surface area contributed by atoms with Crippen molar-refractivity contribution in [3.63, 3.8) is 0 Å². The Labute approximate surface area is 123 Å². The first kappa shape index (κ1) is 14.2. The van der Waals surface area contributed by atoms with E-state index in [4.69, 9.17) is 5.41 Å². The largest absolute Gasteiger partial charge is 0.306 e. The molecule has 1 aromatic heterocycles. The van der Waals surface area contributed by atoms with Gasteiger partial charge in [0.15, 0.2) is 0 Å². The van der Waals surface area contributed by atoms with Gasteiger partial charge >= 0.3 is 0 Å². The van der Waals surface area contributed by atoms with Gasteiger partial charge in [0.1, 0.15) is 0 Å². The van der Waals surface area contributed by atoms with Gasteiger partial charge in [-0.25, -0.2) is 0 Å². The second-order valence-electron chi connectivity index (χ2n) is 4.44. The summed E-state index contributed by atoms with van der Waals surface area (Å²) in [6, 6.07) is 18.2. The molecule has 0 aliphatic rings. The van der Waals surface area contributed by atoms with Crippen LogP contribution in [0.3, 0.4) is 0 Å². The molecule has 3 aromatic rings. The molecule has 4 heteroatoms. The minimum atomic E-state index is 0. The van der Waals surface area contributed by atoms with E-state index >= 15 is 0 Å². The van der Waals surface area contributed by atoms with Crippen LogP contribution in [0.2, 0.25) is 0 Å². The summed E-state index contributed by atoms with van der Waals surface area (Å²) >= 11 is 0. The van der Waals surface area contributed by atoms with Crippen molar-refractivity contribution in [2.75, 3.05) is 0 Å². The van der Waals surface area contributed by atoms with E-state index in [-0.39, 0.29) is 12.4 Å². The summed E-state index contributed by atoms with van der Waals surface area (Å²) in [5.41, 5.74) is 3.70. The molecule has 102 valence electrons. The van der Waals surface area contributed by atoms with E-state index in [1.807, 2.05) is 47.0 Å². The second-order valence-corrected chi connectivity index (χ2v) is 4.44. The number of hydrogen-bond acceptors (Lipinski definition) is 1. The van der Waals surface area contributed by atoms with Crippen LogP contribution in [0, 0.1) is 5.41 Å². The third kappa shape index (κ3) is 2.28. The third-order valence-corrected chi connectivity index (χ3v) is 3.28. The number of fused-ring (bicyclic) bond motifs is 1. The van der Waals surface area contributed by atoms with Crippen molar-refractivity contribution < 1.29 is 0 Å². The standard InChI is InChI=1S/C16H15N3.ClH/c1-2-18-14-10-6-7-11-15(14)19(16(18)17)12-13-8-4-3-5-9-13;/h2-11,17H,1,12H2;1H. The Morgan fingerprint density at radius 2 is 1.55 bits per heavy atom. The molecule has 0 amide bonds. The van der Waals surface area contributed by atoms with Crippen molar-refractivity contribution in [1.82, 2.24) is 9.13 Å². The molecule has 0 spiro atoms. The molecule has 3 rings (SSSR count). The molecule has 1 heterocycles. The Kier molecular flexibility index (Phi) is 4.11. The summed E-state index contributed by atoms with van der Waals surface area (Å²) in [6.07, 6.45) is 1.69. The monoisotopic (exact) mass is 285 g/mol. The van der Waals surface area contributed by atoms with Crippen LogP contribution in [0.5, 0.6) is 0 Å². The van der Waals surface area contributed by atoms with Crippen molar-refractivity contribution in [3.05, 3.63) is 72.4 Å². The summed E-state index contributed by atoms with van der Waals surface area (Å²) < 4.78 is 3.80. The third-order valence-electron chi connectivity index (χ3n) is 3.28. The molecule has 0 fully saturated rings. The zero-order valence-corrected chi connectivity index (χ0v) is 11.8. The average molecular weight is 286 g/mol. The predicted molar refractivity (Wildman–Crippen MR) is 85.0 cm³/mol. The number of rotatable bonds is 3. The second kappa shape index (κ2) is 5.80. The number of nitrogens with zero attached hydrogens (tertiary/aromatic N) is 2. The molecule has 0 bridgehead atoms. The maximum atomic E-state index is 8.28. The molecule has 2 aromatic carbocycles. The van der Waals surface area contributed by atoms with Crippen LogP contribution in [0.1, 0.15) is 5.56 Å². The molecule has 3 nitrogen and oxygen atoms in total. The summed E-state index contributed by atoms with van der Waals surface area (Å²) in [4.78, 5) is 0. The van der Waals surface area contributed by atoms with E-state index in [1.54, 1.807) is 10.8 Å². The van der Waals surface area contributed by atoms with Gasteiger partial charge in [-0.15, -0.1) is 12.4 Å². The van der Waals surface area contributed by atoms with Gasteiger partial charge in [0.05, 0.1) is 17.6 Å². The summed E-state index contributed by atoms with van der Waals surface area (Å²) in [5, 5.41) is 8.28. The van der Waals surface area contributed by atoms with Crippen molar-refractivity contribution in [2.45, 2.75) is 6.54 Å². The lowest BCUT2D eigenvalue weighted by molar-refractivity contribution is 0.732. The van der Waals surface area contributed by atoms with E-state index in [0.29, 0.717) is 12.2 Å². The minimum Gasteiger partial charge on any atom is -0.306 e. The highest BCUT2D eigenvalue weighted by atomic mass is 35.5. The fourth-order valence-corrected chi connectivity index (χ4v) is 2.37. The molecule has 1 N–H and O–H groups in total. The maximum absolute atomic E-state index is 8.28. The molecule has 0 aliphatic heterocycles. The highest BCUT2D eigenvalue weighted by Crippen LogP contribution is 2.14. The predicted octanol–water partition coefficient (Wildman–Crippen LogP) is 3.49. The zero-order chi connectivity index (χ0) is 13.2. The summed E-state index contributed by atoms with van der Waals surface area (Å²) in [7, 11) is 0. The Morgan fingerprint density at radius 1 is 0.950 bits per heavy atom. The SMILES string of the molecule is C=Cn1c(=N)n(Cc2ccccc2)c2ccccc21.Cl. The van der Waals surface area contributed by atoms with Crippen molar-refractivity contribution >= 4 is 29.6 Å². The van der Waals surface area contributed by atoms with Crippen LogP contribution in [-0.2, 0) is 6.54 Å². The molecule has 0 atom stereocenters. The summed E-state index contributed by atoms with van der Waals surface area (Å²) in [6.45, 7) is 4.49. The Morgan fingerprint density at radius 3 is 2.20 bits per heavy atom. The first-order chi connectivity index (χ1) is 9.31. The number of imidazole rings is 1. The topological polar surface area (TPSA) is 33.7 Å². The van der Waals surface area contributed by atoms with Gasteiger partial charge < -0.3 is 4.57 Å². The highest BCUT2D eigenvalue weighted by molar-refractivity contribution is 5.85. The Bertz CT molecular complexity index is 784. The Hall–Kier alpha value is -2.26. The molecule has 20 heavy (non-hydrogen) atoms. The van der Waals surface area contributed by atoms with Gasteiger partial charge in [0.2, 0.25) is 5.62 Å². The lowest BCUT2D eigenvalue weighted by atomic mass is 10.2. The lowest BCUT2D eigenvalue weighted by Gasteiger charge is -2.04. The van der Waals surface area contributed by atoms with Crippen molar-refractivity contribution in [3.8, 4) is 0 Å². The average Bonchev–Trinajstić information content (AvgIpc) is 2.73. The highest BCUT2D eigenvalue weighted by Gasteiger charge is 2.08. The molecule has 0 unspecified atom stereocenters. The molecule has 0 radical (unpaired) electrons. The van der Waals surface area contributed by atoms with Crippen LogP contribution in [0.15, 0.2) is 61.2 Å². The molecule has 0 aliphatic carbocycles. The number of hydrogen-bond donors (Lipinski definition) is 1. The van der Waals surface area contributed by atoms with Gasteiger partial charge in [-0.05, 0) is 17.7 Å². The first-order valence-electron chi connectivity index (χ1n) is 6.22. The van der Waals surface area contributed by atoms with Crippen LogP contribution >= 0.6 is 12.4 Å². The minimum absolute atomic E-state index is 0. The van der Waals surface area contributed by atoms with E-state index in [2.05, 4.69) is 18.7 Å². The zero-order valence-electron chi connectivity index (χ0n) is 11.0. The van der Waals surface area contributed by atoms with Gasteiger partial charge in [-0.2, -0.15) is 0 Å². The van der Waals surface area contributed by atoms with Gasteiger partial charge in [-0.3, -0.25) is 9.98 Å². The van der Waals surface area contributed by atoms with Gasteiger partial charge in [0.25, 0.3) is 0 Å². The van der Waals surface area contributed by atoms with Crippen molar-refractivity contribution in [1.29, 1.82) is 5.41 Å². The van der Waals surface area contributed by atoms with Gasteiger partial charge in [0, 0.05) is 6.20 Å². The number of para-hydroxylation sites is 2. The normalized spacial score (nSPS) is 10.2. The van der Waals surface area contributed by atoms with Crippen LogP contribution in [0.25, 0.3) is 17.2 Å². The number of aromatic nitrogens is 2. The molecular weight excluding hydrogens is 270 g/mol. The fraction of sp³-hybridized carbons (Fsp3) is 0.0625. The quantitative estimate of drug-likeness (QED) is 0.764. The molecule has 0 saturated heterocycles. The summed E-state index contributed by atoms with van der Waals surface area (Å²) in [5.74, 6) is 0. The van der Waals surface area contributed by atoms with Gasteiger partial charge in [-0.1, -0.05) is 49.0 Å². The van der Waals surface area contributed by atoms with E-state index in [9.17, 15) is 0 Å². The number of nitrogens with one attached hydrogen (secondary N) is 1. The lowest BCUT2D eigenvalue weighted by Crippen LogP contribution is -2.22. The Balaban J connectivity index is 0.00000147. The van der Waals surface area contributed by atoms with Crippen molar-refractivity contribution in [2.24, 2.45) is 0 Å². The smallest absolute Gasteiger partial charge is 0.207 e. The number of halogens is 1. The molecular formula is C16H16ClN3. The van der Waals surface area contributed by atoms with Crippen LogP contribution in [-0.4, -0.2) is 9.13 Å². The van der Waals surface area contributed by atoms with Crippen LogP contribution in [0.4, 0.5) is 0 Å².